The van der Waals surface area contributed by atoms with Crippen molar-refractivity contribution in [3.63, 3.8) is 0 Å². The van der Waals surface area contributed by atoms with E-state index in [2.05, 4.69) is 49.1 Å². The topological polar surface area (TPSA) is 76.7 Å². The second-order valence-electron chi connectivity index (χ2n) is 6.91. The summed E-state index contributed by atoms with van der Waals surface area (Å²) in [5.41, 5.74) is 5.77. The highest BCUT2D eigenvalue weighted by Gasteiger charge is 2.21. The SMILES string of the molecule is c1ccc2c(c1)c1c(n2Cc2nc3c4cn[nH]c4ncn3n2)CCCC1. The summed E-state index contributed by atoms with van der Waals surface area (Å²) in [7, 11) is 0. The summed E-state index contributed by atoms with van der Waals surface area (Å²) < 4.78 is 4.14. The van der Waals surface area contributed by atoms with Crippen LogP contribution >= 0.6 is 0 Å². The molecule has 0 amide bonds. The molecule has 0 bridgehead atoms. The molecule has 4 aromatic heterocycles. The summed E-state index contributed by atoms with van der Waals surface area (Å²) >= 11 is 0. The maximum atomic E-state index is 4.77. The van der Waals surface area contributed by atoms with Gasteiger partial charge in [-0.2, -0.15) is 5.10 Å². The molecule has 1 aromatic carbocycles. The van der Waals surface area contributed by atoms with Crippen LogP contribution < -0.4 is 0 Å². The van der Waals surface area contributed by atoms with Crippen molar-refractivity contribution in [2.75, 3.05) is 0 Å². The average molecular weight is 343 g/mol. The van der Waals surface area contributed by atoms with Gasteiger partial charge in [0.1, 0.15) is 6.33 Å². The van der Waals surface area contributed by atoms with Crippen molar-refractivity contribution in [3.05, 3.63) is 53.9 Å². The van der Waals surface area contributed by atoms with Crippen molar-refractivity contribution in [2.45, 2.75) is 32.2 Å². The zero-order valence-corrected chi connectivity index (χ0v) is 14.2. The molecular weight excluding hydrogens is 326 g/mol. The number of benzene rings is 1. The quantitative estimate of drug-likeness (QED) is 0.535. The molecule has 0 aliphatic heterocycles. The van der Waals surface area contributed by atoms with Gasteiger partial charge in [0.2, 0.25) is 0 Å². The Bertz CT molecular complexity index is 1270. The third-order valence-electron chi connectivity index (χ3n) is 5.42. The Labute approximate surface area is 148 Å². The monoisotopic (exact) mass is 343 g/mol. The third-order valence-corrected chi connectivity index (χ3v) is 5.42. The fraction of sp³-hybridized carbons (Fsp3) is 0.263. The lowest BCUT2D eigenvalue weighted by molar-refractivity contribution is 0.629. The van der Waals surface area contributed by atoms with Crippen LogP contribution in [0.5, 0.6) is 0 Å². The first-order valence-electron chi connectivity index (χ1n) is 9.01. The van der Waals surface area contributed by atoms with Crippen molar-refractivity contribution >= 4 is 27.6 Å². The van der Waals surface area contributed by atoms with Gasteiger partial charge in [0.05, 0.1) is 18.1 Å². The first-order chi connectivity index (χ1) is 12.9. The predicted octanol–water partition coefficient (Wildman–Crippen LogP) is 2.88. The fourth-order valence-corrected chi connectivity index (χ4v) is 4.26. The van der Waals surface area contributed by atoms with E-state index in [1.165, 1.54) is 41.4 Å². The fourth-order valence-electron chi connectivity index (χ4n) is 4.26. The molecule has 4 heterocycles. The van der Waals surface area contributed by atoms with Gasteiger partial charge >= 0.3 is 0 Å². The van der Waals surface area contributed by atoms with Gasteiger partial charge in [-0.3, -0.25) is 5.10 Å². The van der Waals surface area contributed by atoms with E-state index in [4.69, 9.17) is 4.98 Å². The van der Waals surface area contributed by atoms with Crippen LogP contribution in [0.2, 0.25) is 0 Å². The summed E-state index contributed by atoms with van der Waals surface area (Å²) in [4.78, 5) is 9.11. The maximum absolute atomic E-state index is 4.77. The van der Waals surface area contributed by atoms with Gasteiger partial charge in [0, 0.05) is 16.6 Å². The van der Waals surface area contributed by atoms with E-state index in [-0.39, 0.29) is 0 Å². The van der Waals surface area contributed by atoms with Crippen LogP contribution in [0, 0.1) is 0 Å². The molecule has 0 radical (unpaired) electrons. The molecule has 0 saturated heterocycles. The zero-order chi connectivity index (χ0) is 17.1. The number of hydrogen-bond acceptors (Lipinski definition) is 4. The Morgan fingerprint density at radius 3 is 3.00 bits per heavy atom. The van der Waals surface area contributed by atoms with E-state index in [0.29, 0.717) is 6.54 Å². The Morgan fingerprint density at radius 1 is 1.08 bits per heavy atom. The molecule has 0 unspecified atom stereocenters. The zero-order valence-electron chi connectivity index (χ0n) is 14.2. The van der Waals surface area contributed by atoms with Crippen LogP contribution in [0.3, 0.4) is 0 Å². The molecule has 128 valence electrons. The highest BCUT2D eigenvalue weighted by atomic mass is 15.3. The van der Waals surface area contributed by atoms with Gasteiger partial charge in [0.25, 0.3) is 0 Å². The minimum absolute atomic E-state index is 0.677. The normalized spacial score (nSPS) is 14.5. The first kappa shape index (κ1) is 14.0. The number of para-hydroxylation sites is 1. The second-order valence-corrected chi connectivity index (χ2v) is 6.91. The highest BCUT2D eigenvalue weighted by Crippen LogP contribution is 2.32. The van der Waals surface area contributed by atoms with Gasteiger partial charge in [-0.25, -0.2) is 14.5 Å². The van der Waals surface area contributed by atoms with Crippen LogP contribution in [0.25, 0.3) is 27.6 Å². The van der Waals surface area contributed by atoms with Gasteiger partial charge < -0.3 is 4.57 Å². The smallest absolute Gasteiger partial charge is 0.171 e. The van der Waals surface area contributed by atoms with E-state index in [1.807, 2.05) is 0 Å². The molecule has 0 fully saturated rings. The average Bonchev–Trinajstić information content (AvgIpc) is 3.38. The van der Waals surface area contributed by atoms with E-state index < -0.39 is 0 Å². The molecule has 1 aliphatic rings. The summed E-state index contributed by atoms with van der Waals surface area (Å²) in [6.07, 6.45) is 8.27. The molecule has 0 atom stereocenters. The first-order valence-corrected chi connectivity index (χ1v) is 9.01. The number of aromatic amines is 1. The molecule has 0 spiro atoms. The number of nitrogens with one attached hydrogen (secondary N) is 1. The Kier molecular flexibility index (Phi) is 2.77. The standard InChI is InChI=1S/C19H17N7/c1-3-7-15-12(5-1)13-6-2-4-8-16(13)25(15)10-17-22-19-14-9-21-23-18(14)20-11-26(19)24-17/h1,3,5,7,9,11H,2,4,6,8,10H2,(H,21,23). The number of rotatable bonds is 2. The number of aryl methyl sites for hydroxylation is 1. The third kappa shape index (κ3) is 1.88. The Hall–Kier alpha value is -3.22. The van der Waals surface area contributed by atoms with E-state index in [0.717, 1.165) is 28.9 Å². The molecule has 0 saturated carbocycles. The molecule has 1 aliphatic carbocycles. The van der Waals surface area contributed by atoms with Crippen molar-refractivity contribution in [2.24, 2.45) is 0 Å². The highest BCUT2D eigenvalue weighted by molar-refractivity contribution is 5.88. The summed E-state index contributed by atoms with van der Waals surface area (Å²) in [6.45, 7) is 0.677. The van der Waals surface area contributed by atoms with E-state index >= 15 is 0 Å². The molecule has 1 N–H and O–H groups in total. The minimum Gasteiger partial charge on any atom is -0.337 e. The molecule has 26 heavy (non-hydrogen) atoms. The lowest BCUT2D eigenvalue weighted by atomic mass is 9.96. The lowest BCUT2D eigenvalue weighted by Gasteiger charge is -2.15. The van der Waals surface area contributed by atoms with Gasteiger partial charge in [-0.1, -0.05) is 18.2 Å². The maximum Gasteiger partial charge on any atom is 0.171 e. The van der Waals surface area contributed by atoms with Gasteiger partial charge in [-0.15, -0.1) is 5.10 Å². The number of H-pyrrole nitrogens is 1. The van der Waals surface area contributed by atoms with Gasteiger partial charge in [-0.05, 0) is 37.3 Å². The van der Waals surface area contributed by atoms with Crippen LogP contribution in [0.15, 0.2) is 36.8 Å². The molecule has 7 nitrogen and oxygen atoms in total. The summed E-state index contributed by atoms with van der Waals surface area (Å²) in [6, 6.07) is 8.69. The largest absolute Gasteiger partial charge is 0.337 e. The van der Waals surface area contributed by atoms with E-state index in [9.17, 15) is 0 Å². The minimum atomic E-state index is 0.677. The van der Waals surface area contributed by atoms with Crippen molar-refractivity contribution in [3.8, 4) is 0 Å². The van der Waals surface area contributed by atoms with Crippen LogP contribution in [-0.4, -0.2) is 34.3 Å². The molecular formula is C19H17N7. The Morgan fingerprint density at radius 2 is 2.00 bits per heavy atom. The molecule has 5 aromatic rings. The lowest BCUT2D eigenvalue weighted by Crippen LogP contribution is -2.10. The number of fused-ring (bicyclic) bond motifs is 6. The van der Waals surface area contributed by atoms with Crippen molar-refractivity contribution in [1.29, 1.82) is 0 Å². The van der Waals surface area contributed by atoms with Crippen molar-refractivity contribution in [1.82, 2.24) is 34.3 Å². The predicted molar refractivity (Wildman–Crippen MR) is 98.1 cm³/mol. The second kappa shape index (κ2) is 5.14. The van der Waals surface area contributed by atoms with E-state index in [1.54, 1.807) is 17.0 Å². The van der Waals surface area contributed by atoms with Gasteiger partial charge in [0.15, 0.2) is 17.1 Å². The number of aromatic nitrogens is 7. The number of hydrogen-bond donors (Lipinski definition) is 1. The van der Waals surface area contributed by atoms with Crippen molar-refractivity contribution < 1.29 is 0 Å². The number of nitrogens with zero attached hydrogens (tertiary/aromatic N) is 6. The Balaban J connectivity index is 1.53. The summed E-state index contributed by atoms with van der Waals surface area (Å²) in [5.74, 6) is 0.801. The molecule has 7 heteroatoms. The van der Waals surface area contributed by atoms with Crippen LogP contribution in [0.4, 0.5) is 0 Å². The molecule has 6 rings (SSSR count). The van der Waals surface area contributed by atoms with Crippen LogP contribution in [-0.2, 0) is 19.4 Å². The summed E-state index contributed by atoms with van der Waals surface area (Å²) in [5, 5.41) is 13.9. The van der Waals surface area contributed by atoms with Crippen LogP contribution in [0.1, 0.15) is 29.9 Å².